The van der Waals surface area contributed by atoms with Crippen molar-refractivity contribution >= 4 is 34.8 Å². The number of hydrogen-bond donors (Lipinski definition) is 1. The van der Waals surface area contributed by atoms with E-state index < -0.39 is 0 Å². The molecule has 0 unspecified atom stereocenters. The van der Waals surface area contributed by atoms with Crippen LogP contribution in [0.25, 0.3) is 11.3 Å². The Hall–Kier alpha value is -2.63. The molecule has 27 heavy (non-hydrogen) atoms. The van der Waals surface area contributed by atoms with Gasteiger partial charge in [0.2, 0.25) is 5.91 Å². The second kappa shape index (κ2) is 7.94. The summed E-state index contributed by atoms with van der Waals surface area (Å²) in [6.07, 6.45) is 0. The van der Waals surface area contributed by atoms with Crippen LogP contribution in [0.15, 0.2) is 53.3 Å². The summed E-state index contributed by atoms with van der Waals surface area (Å²) in [5, 5.41) is 7.77. The Morgan fingerprint density at radius 2 is 1.81 bits per heavy atom. The molecule has 0 bridgehead atoms. The molecule has 5 nitrogen and oxygen atoms in total. The SMILES string of the molecule is Cc1ccc(C)c(-c2ccc(=O)n(CC(=O)Nc3ccc(Cl)c(Cl)c3)n2)c1. The molecule has 0 atom stereocenters. The lowest BCUT2D eigenvalue weighted by Gasteiger charge is -2.10. The zero-order valence-electron chi connectivity index (χ0n) is 14.8. The maximum absolute atomic E-state index is 12.3. The minimum atomic E-state index is -0.388. The molecule has 0 spiro atoms. The molecular formula is C20H17Cl2N3O2. The fourth-order valence-corrected chi connectivity index (χ4v) is 2.93. The van der Waals surface area contributed by atoms with E-state index in [9.17, 15) is 9.59 Å². The number of aromatic nitrogens is 2. The Labute approximate surface area is 166 Å². The van der Waals surface area contributed by atoms with Crippen LogP contribution >= 0.6 is 23.2 Å². The average molecular weight is 402 g/mol. The molecule has 3 aromatic rings. The highest BCUT2D eigenvalue weighted by Gasteiger charge is 2.11. The van der Waals surface area contributed by atoms with Gasteiger partial charge < -0.3 is 5.32 Å². The number of aryl methyl sites for hydroxylation is 2. The molecule has 0 fully saturated rings. The number of rotatable bonds is 4. The van der Waals surface area contributed by atoms with E-state index in [4.69, 9.17) is 23.2 Å². The van der Waals surface area contributed by atoms with Crippen molar-refractivity contribution in [2.45, 2.75) is 20.4 Å². The van der Waals surface area contributed by atoms with Gasteiger partial charge >= 0.3 is 0 Å². The molecule has 0 aliphatic rings. The highest BCUT2D eigenvalue weighted by molar-refractivity contribution is 6.42. The van der Waals surface area contributed by atoms with Gasteiger partial charge in [-0.2, -0.15) is 5.10 Å². The third-order valence-corrected chi connectivity index (χ3v) is 4.77. The fraction of sp³-hybridized carbons (Fsp3) is 0.150. The predicted molar refractivity (Wildman–Crippen MR) is 108 cm³/mol. The number of amides is 1. The highest BCUT2D eigenvalue weighted by Crippen LogP contribution is 2.25. The van der Waals surface area contributed by atoms with Crippen LogP contribution in [0.3, 0.4) is 0 Å². The molecule has 1 amide bonds. The van der Waals surface area contributed by atoms with E-state index in [2.05, 4.69) is 10.4 Å². The van der Waals surface area contributed by atoms with Crippen LogP contribution < -0.4 is 10.9 Å². The summed E-state index contributed by atoms with van der Waals surface area (Å²) < 4.78 is 1.14. The lowest BCUT2D eigenvalue weighted by atomic mass is 10.0. The maximum Gasteiger partial charge on any atom is 0.267 e. The summed E-state index contributed by atoms with van der Waals surface area (Å²) in [5.41, 5.74) is 3.83. The first kappa shape index (κ1) is 19.1. The third-order valence-electron chi connectivity index (χ3n) is 4.03. The number of benzene rings is 2. The van der Waals surface area contributed by atoms with Gasteiger partial charge in [0.25, 0.3) is 5.56 Å². The molecule has 1 heterocycles. The molecule has 0 aliphatic carbocycles. The quantitative estimate of drug-likeness (QED) is 0.700. The molecule has 1 N–H and O–H groups in total. The number of nitrogens with zero attached hydrogens (tertiary/aromatic N) is 2. The van der Waals surface area contributed by atoms with E-state index in [1.165, 1.54) is 6.07 Å². The topological polar surface area (TPSA) is 64.0 Å². The van der Waals surface area contributed by atoms with E-state index in [0.29, 0.717) is 21.4 Å². The van der Waals surface area contributed by atoms with Gasteiger partial charge in [0, 0.05) is 17.3 Å². The predicted octanol–water partition coefficient (Wildman–Crippen LogP) is 4.47. The first-order chi connectivity index (χ1) is 12.8. The van der Waals surface area contributed by atoms with E-state index in [1.54, 1.807) is 24.3 Å². The number of anilines is 1. The Morgan fingerprint density at radius 3 is 2.56 bits per heavy atom. The monoisotopic (exact) mass is 401 g/mol. The van der Waals surface area contributed by atoms with Gasteiger partial charge in [-0.3, -0.25) is 9.59 Å². The fourth-order valence-electron chi connectivity index (χ4n) is 2.63. The molecule has 0 saturated heterocycles. The highest BCUT2D eigenvalue weighted by atomic mass is 35.5. The number of carbonyl (C=O) groups excluding carboxylic acids is 1. The van der Waals surface area contributed by atoms with E-state index in [1.807, 2.05) is 32.0 Å². The smallest absolute Gasteiger partial charge is 0.267 e. The Kier molecular flexibility index (Phi) is 5.63. The first-order valence-corrected chi connectivity index (χ1v) is 9.00. The van der Waals surface area contributed by atoms with Gasteiger partial charge in [0.05, 0.1) is 15.7 Å². The minimum absolute atomic E-state index is 0.211. The van der Waals surface area contributed by atoms with Crippen molar-refractivity contribution in [3.63, 3.8) is 0 Å². The van der Waals surface area contributed by atoms with Gasteiger partial charge in [-0.15, -0.1) is 0 Å². The van der Waals surface area contributed by atoms with Crippen molar-refractivity contribution in [2.75, 3.05) is 5.32 Å². The van der Waals surface area contributed by atoms with Crippen LogP contribution in [0, 0.1) is 13.8 Å². The lowest BCUT2D eigenvalue weighted by molar-refractivity contribution is -0.117. The zero-order chi connectivity index (χ0) is 19.6. The first-order valence-electron chi connectivity index (χ1n) is 8.24. The Morgan fingerprint density at radius 1 is 1.04 bits per heavy atom. The zero-order valence-corrected chi connectivity index (χ0v) is 16.3. The molecule has 0 aliphatic heterocycles. The molecule has 1 aromatic heterocycles. The Balaban J connectivity index is 1.84. The van der Waals surface area contributed by atoms with Crippen LogP contribution in [0.1, 0.15) is 11.1 Å². The van der Waals surface area contributed by atoms with Crippen molar-refractivity contribution in [1.82, 2.24) is 9.78 Å². The summed E-state index contributed by atoms with van der Waals surface area (Å²) in [6, 6.07) is 13.9. The Bertz CT molecular complexity index is 1080. The van der Waals surface area contributed by atoms with Gasteiger partial charge in [0.1, 0.15) is 6.54 Å². The van der Waals surface area contributed by atoms with Crippen LogP contribution in [0.2, 0.25) is 10.0 Å². The van der Waals surface area contributed by atoms with Crippen LogP contribution in [-0.2, 0) is 11.3 Å². The van der Waals surface area contributed by atoms with Gasteiger partial charge in [0.15, 0.2) is 0 Å². The maximum atomic E-state index is 12.3. The molecule has 138 valence electrons. The van der Waals surface area contributed by atoms with Gasteiger partial charge in [-0.25, -0.2) is 4.68 Å². The number of nitrogens with one attached hydrogen (secondary N) is 1. The largest absolute Gasteiger partial charge is 0.324 e. The van der Waals surface area contributed by atoms with E-state index in [0.717, 1.165) is 21.4 Å². The third kappa shape index (κ3) is 4.56. The number of hydrogen-bond acceptors (Lipinski definition) is 3. The molecule has 7 heteroatoms. The molecule has 0 radical (unpaired) electrons. The molecule has 2 aromatic carbocycles. The number of halogens is 2. The van der Waals surface area contributed by atoms with E-state index in [-0.39, 0.29) is 18.0 Å². The van der Waals surface area contributed by atoms with Crippen LogP contribution in [0.5, 0.6) is 0 Å². The summed E-state index contributed by atoms with van der Waals surface area (Å²) in [6.45, 7) is 3.75. The van der Waals surface area contributed by atoms with Crippen molar-refractivity contribution in [3.05, 3.63) is 80.1 Å². The summed E-state index contributed by atoms with van der Waals surface area (Å²) in [5.74, 6) is -0.388. The molecule has 0 saturated carbocycles. The van der Waals surface area contributed by atoms with Crippen molar-refractivity contribution in [1.29, 1.82) is 0 Å². The number of carbonyl (C=O) groups is 1. The standard InChI is InChI=1S/C20H17Cl2N3O2/c1-12-3-4-13(2)15(9-12)18-7-8-20(27)25(24-18)11-19(26)23-14-5-6-16(21)17(22)10-14/h3-10H,11H2,1-2H3,(H,23,26). The summed E-state index contributed by atoms with van der Waals surface area (Å²) in [4.78, 5) is 24.4. The summed E-state index contributed by atoms with van der Waals surface area (Å²) >= 11 is 11.8. The second-order valence-corrected chi connectivity index (χ2v) is 7.02. The lowest BCUT2D eigenvalue weighted by Crippen LogP contribution is -2.29. The van der Waals surface area contributed by atoms with Gasteiger partial charge in [-0.1, -0.05) is 40.9 Å². The average Bonchev–Trinajstić information content (AvgIpc) is 2.62. The minimum Gasteiger partial charge on any atom is -0.324 e. The van der Waals surface area contributed by atoms with Crippen LogP contribution in [-0.4, -0.2) is 15.7 Å². The molecule has 3 rings (SSSR count). The van der Waals surface area contributed by atoms with Crippen LogP contribution in [0.4, 0.5) is 5.69 Å². The summed E-state index contributed by atoms with van der Waals surface area (Å²) in [7, 11) is 0. The normalized spacial score (nSPS) is 10.7. The van der Waals surface area contributed by atoms with Crippen molar-refractivity contribution < 1.29 is 4.79 Å². The van der Waals surface area contributed by atoms with Crippen molar-refractivity contribution in [3.8, 4) is 11.3 Å². The van der Waals surface area contributed by atoms with Gasteiger partial charge in [-0.05, 0) is 49.7 Å². The van der Waals surface area contributed by atoms with Crippen molar-refractivity contribution in [2.24, 2.45) is 0 Å². The second-order valence-electron chi connectivity index (χ2n) is 6.21. The molecular weight excluding hydrogens is 385 g/mol. The van der Waals surface area contributed by atoms with E-state index >= 15 is 0 Å².